The minimum absolute atomic E-state index is 0.143. The van der Waals surface area contributed by atoms with Crippen molar-refractivity contribution >= 4 is 50.6 Å². The number of hydrogen-bond donors (Lipinski definition) is 1. The quantitative estimate of drug-likeness (QED) is 0.824. The van der Waals surface area contributed by atoms with E-state index in [-0.39, 0.29) is 15.9 Å². The molecule has 0 amide bonds. The fourth-order valence-electron chi connectivity index (χ4n) is 1.17. The lowest BCUT2D eigenvalue weighted by molar-refractivity contribution is 0.632. The summed E-state index contributed by atoms with van der Waals surface area (Å²) in [5, 5.41) is 3.25. The average molecular weight is 337 g/mol. The highest BCUT2D eigenvalue weighted by molar-refractivity contribution is 9.10. The number of rotatable bonds is 2. The molecule has 0 spiro atoms. The lowest BCUT2D eigenvalue weighted by atomic mass is 10.3. The summed E-state index contributed by atoms with van der Waals surface area (Å²) in [5.74, 6) is -0.129. The fraction of sp³-hybridized carbons (Fsp3) is 0. The van der Waals surface area contributed by atoms with Gasteiger partial charge in [-0.15, -0.1) is 0 Å². The zero-order valence-corrected chi connectivity index (χ0v) is 11.3. The van der Waals surface area contributed by atoms with Gasteiger partial charge in [0.15, 0.2) is 0 Å². The number of benzene rings is 1. The minimum Gasteiger partial charge on any atom is -0.336 e. The Labute approximate surface area is 115 Å². The van der Waals surface area contributed by atoms with Gasteiger partial charge >= 0.3 is 0 Å². The predicted octanol–water partition coefficient (Wildman–Crippen LogP) is 4.43. The summed E-state index contributed by atoms with van der Waals surface area (Å²) in [6, 6.07) is 4.39. The lowest BCUT2D eigenvalue weighted by Crippen LogP contribution is -1.99. The highest BCUT2D eigenvalue weighted by Crippen LogP contribution is 2.32. The summed E-state index contributed by atoms with van der Waals surface area (Å²) in [7, 11) is 0. The van der Waals surface area contributed by atoms with Crippen LogP contribution in [0.3, 0.4) is 0 Å². The first-order chi connectivity index (χ1) is 8.09. The van der Waals surface area contributed by atoms with E-state index < -0.39 is 5.82 Å². The van der Waals surface area contributed by atoms with E-state index in [9.17, 15) is 4.39 Å². The molecule has 1 aromatic carbocycles. The first-order valence-electron chi connectivity index (χ1n) is 4.46. The smallest absolute Gasteiger partial charge is 0.149 e. The van der Waals surface area contributed by atoms with Crippen LogP contribution < -0.4 is 5.32 Å². The highest BCUT2D eigenvalue weighted by Gasteiger charge is 2.11. The normalized spacial score (nSPS) is 10.4. The zero-order chi connectivity index (χ0) is 12.4. The third-order valence-corrected chi connectivity index (χ3v) is 3.53. The third-order valence-electron chi connectivity index (χ3n) is 1.95. The van der Waals surface area contributed by atoms with E-state index in [0.717, 1.165) is 0 Å². The summed E-state index contributed by atoms with van der Waals surface area (Å²) in [5.41, 5.74) is 0.143. The molecule has 0 radical (unpaired) electrons. The number of hydrogen-bond acceptors (Lipinski definition) is 3. The molecule has 17 heavy (non-hydrogen) atoms. The maximum Gasteiger partial charge on any atom is 0.149 e. The molecular formula is C10H5BrCl2FN3. The van der Waals surface area contributed by atoms with Crippen molar-refractivity contribution in [3.63, 3.8) is 0 Å². The van der Waals surface area contributed by atoms with Crippen molar-refractivity contribution in [1.29, 1.82) is 0 Å². The van der Waals surface area contributed by atoms with Gasteiger partial charge in [0.2, 0.25) is 0 Å². The van der Waals surface area contributed by atoms with Crippen molar-refractivity contribution in [2.24, 2.45) is 0 Å². The monoisotopic (exact) mass is 335 g/mol. The van der Waals surface area contributed by atoms with E-state index in [4.69, 9.17) is 23.2 Å². The van der Waals surface area contributed by atoms with Crippen LogP contribution >= 0.6 is 39.1 Å². The molecule has 1 aromatic heterocycles. The van der Waals surface area contributed by atoms with Gasteiger partial charge < -0.3 is 5.32 Å². The van der Waals surface area contributed by atoms with Crippen LogP contribution in [0.2, 0.25) is 10.2 Å². The Hall–Kier alpha value is -0.910. The zero-order valence-electron chi connectivity index (χ0n) is 8.22. The van der Waals surface area contributed by atoms with Crippen LogP contribution in [0.4, 0.5) is 15.9 Å². The van der Waals surface area contributed by atoms with Crippen molar-refractivity contribution in [2.45, 2.75) is 0 Å². The Morgan fingerprint density at radius 3 is 2.71 bits per heavy atom. The molecule has 0 bridgehead atoms. The molecule has 0 aliphatic rings. The molecule has 0 aliphatic heterocycles. The van der Waals surface area contributed by atoms with E-state index in [0.29, 0.717) is 10.3 Å². The van der Waals surface area contributed by atoms with Gasteiger partial charge in [-0.2, -0.15) is 0 Å². The molecule has 1 heterocycles. The van der Waals surface area contributed by atoms with Crippen molar-refractivity contribution in [1.82, 2.24) is 9.97 Å². The molecule has 2 rings (SSSR count). The Morgan fingerprint density at radius 1 is 1.24 bits per heavy atom. The van der Waals surface area contributed by atoms with Gasteiger partial charge in [0.25, 0.3) is 0 Å². The van der Waals surface area contributed by atoms with Crippen LogP contribution in [0.1, 0.15) is 0 Å². The molecule has 0 saturated carbocycles. The van der Waals surface area contributed by atoms with E-state index in [1.807, 2.05) is 0 Å². The lowest BCUT2D eigenvalue weighted by Gasteiger charge is -2.10. The second kappa shape index (κ2) is 5.16. The van der Waals surface area contributed by atoms with Crippen LogP contribution in [-0.4, -0.2) is 9.97 Å². The van der Waals surface area contributed by atoms with E-state index in [1.165, 1.54) is 18.5 Å². The Morgan fingerprint density at radius 2 is 2.00 bits per heavy atom. The maximum absolute atomic E-state index is 13.5. The largest absolute Gasteiger partial charge is 0.336 e. The van der Waals surface area contributed by atoms with Crippen molar-refractivity contribution < 1.29 is 4.39 Å². The van der Waals surface area contributed by atoms with E-state index >= 15 is 0 Å². The van der Waals surface area contributed by atoms with E-state index in [1.54, 1.807) is 6.07 Å². The molecule has 1 N–H and O–H groups in total. The van der Waals surface area contributed by atoms with Crippen molar-refractivity contribution in [3.8, 4) is 0 Å². The predicted molar refractivity (Wildman–Crippen MR) is 69.4 cm³/mol. The number of para-hydroxylation sites is 1. The van der Waals surface area contributed by atoms with Crippen LogP contribution in [0.25, 0.3) is 0 Å². The molecule has 0 atom stereocenters. The van der Waals surface area contributed by atoms with Gasteiger partial charge in [-0.05, 0) is 28.1 Å². The highest BCUT2D eigenvalue weighted by atomic mass is 79.9. The number of aromatic nitrogens is 2. The van der Waals surface area contributed by atoms with Gasteiger partial charge in [0.1, 0.15) is 23.1 Å². The van der Waals surface area contributed by atoms with Crippen LogP contribution in [-0.2, 0) is 0 Å². The molecule has 0 saturated heterocycles. The van der Waals surface area contributed by atoms with Crippen molar-refractivity contribution in [3.05, 3.63) is 45.0 Å². The van der Waals surface area contributed by atoms with Gasteiger partial charge in [-0.1, -0.05) is 29.3 Å². The van der Waals surface area contributed by atoms with Gasteiger partial charge in [-0.3, -0.25) is 0 Å². The van der Waals surface area contributed by atoms with E-state index in [2.05, 4.69) is 31.2 Å². The van der Waals surface area contributed by atoms with Gasteiger partial charge in [0.05, 0.1) is 15.2 Å². The number of nitrogens with one attached hydrogen (secondary N) is 1. The Bertz CT molecular complexity index is 545. The first kappa shape index (κ1) is 12.5. The maximum atomic E-state index is 13.5. The number of nitrogens with zero attached hydrogens (tertiary/aromatic N) is 2. The van der Waals surface area contributed by atoms with Crippen molar-refractivity contribution in [2.75, 3.05) is 5.32 Å². The number of halogens is 4. The standard InChI is InChI=1S/C10H5BrCl2FN3/c11-7-9(13)15-4-16-10(7)17-8-5(12)2-1-3-6(8)14/h1-4H,(H,15,16,17). The summed E-state index contributed by atoms with van der Waals surface area (Å²) in [4.78, 5) is 7.70. The van der Waals surface area contributed by atoms with Crippen LogP contribution in [0.15, 0.2) is 29.0 Å². The van der Waals surface area contributed by atoms with Crippen LogP contribution in [0.5, 0.6) is 0 Å². The number of anilines is 2. The minimum atomic E-state index is -0.473. The molecule has 7 heteroatoms. The summed E-state index contributed by atoms with van der Waals surface area (Å²) in [6.45, 7) is 0. The topological polar surface area (TPSA) is 37.8 Å². The summed E-state index contributed by atoms with van der Waals surface area (Å²) < 4.78 is 14.0. The molecule has 88 valence electrons. The van der Waals surface area contributed by atoms with Gasteiger partial charge in [0, 0.05) is 0 Å². The van der Waals surface area contributed by atoms with Crippen LogP contribution in [0, 0.1) is 5.82 Å². The fourth-order valence-corrected chi connectivity index (χ4v) is 1.82. The molecule has 0 aliphatic carbocycles. The molecule has 2 aromatic rings. The molecule has 0 unspecified atom stereocenters. The molecule has 0 fully saturated rings. The summed E-state index contributed by atoms with van der Waals surface area (Å²) >= 11 is 14.9. The SMILES string of the molecule is Fc1cccc(Cl)c1Nc1ncnc(Cl)c1Br. The second-order valence-electron chi connectivity index (χ2n) is 3.05. The average Bonchev–Trinajstić information content (AvgIpc) is 2.29. The summed E-state index contributed by atoms with van der Waals surface area (Å²) in [6.07, 6.45) is 1.27. The van der Waals surface area contributed by atoms with Gasteiger partial charge in [-0.25, -0.2) is 14.4 Å². The molecule has 3 nitrogen and oxygen atoms in total. The Balaban J connectivity index is 2.42. The second-order valence-corrected chi connectivity index (χ2v) is 4.61. The molecular weight excluding hydrogens is 332 g/mol. The first-order valence-corrected chi connectivity index (χ1v) is 6.01. The Kier molecular flexibility index (Phi) is 3.81. The third kappa shape index (κ3) is 2.68.